The van der Waals surface area contributed by atoms with Gasteiger partial charge in [0.1, 0.15) is 5.78 Å². The van der Waals surface area contributed by atoms with Crippen LogP contribution in [0.15, 0.2) is 0 Å². The highest BCUT2D eigenvalue weighted by atomic mass is 16.5. The zero-order chi connectivity index (χ0) is 17.4. The summed E-state index contributed by atoms with van der Waals surface area (Å²) in [4.78, 5) is 26.2. The van der Waals surface area contributed by atoms with E-state index < -0.39 is 0 Å². The van der Waals surface area contributed by atoms with E-state index in [2.05, 4.69) is 0 Å². The van der Waals surface area contributed by atoms with Crippen molar-refractivity contribution >= 4 is 11.7 Å². The van der Waals surface area contributed by atoms with Crippen LogP contribution in [0, 0.1) is 0 Å². The third kappa shape index (κ3) is 8.52. The molecule has 0 aromatic carbocycles. The molecule has 0 N–H and O–H groups in total. The van der Waals surface area contributed by atoms with Crippen LogP contribution in [-0.4, -0.2) is 40.9 Å². The third-order valence-electron chi connectivity index (χ3n) is 3.31. The van der Waals surface area contributed by atoms with Crippen molar-refractivity contribution in [2.75, 3.05) is 13.2 Å². The van der Waals surface area contributed by atoms with Crippen molar-refractivity contribution in [3.63, 3.8) is 0 Å². The van der Waals surface area contributed by atoms with Crippen LogP contribution in [0.1, 0.15) is 80.6 Å². The van der Waals surface area contributed by atoms with Crippen molar-refractivity contribution in [2.45, 2.75) is 91.6 Å². The van der Waals surface area contributed by atoms with E-state index >= 15 is 0 Å². The first kappa shape index (κ1) is 21.1. The SMILES string of the molecule is CCCOCCC(=O)CCCC(=O)N(C(C)(C)C)C(C)(C)C. The van der Waals surface area contributed by atoms with Gasteiger partial charge >= 0.3 is 0 Å². The molecule has 0 aliphatic heterocycles. The van der Waals surface area contributed by atoms with Gasteiger partial charge < -0.3 is 9.64 Å². The lowest BCUT2D eigenvalue weighted by Gasteiger charge is -2.45. The van der Waals surface area contributed by atoms with Crippen molar-refractivity contribution in [1.29, 1.82) is 0 Å². The maximum absolute atomic E-state index is 12.5. The number of carbonyl (C=O) groups is 2. The molecule has 0 unspecified atom stereocenters. The van der Waals surface area contributed by atoms with Crippen molar-refractivity contribution in [2.24, 2.45) is 0 Å². The quantitative estimate of drug-likeness (QED) is 0.605. The van der Waals surface area contributed by atoms with E-state index in [-0.39, 0.29) is 22.8 Å². The molecule has 0 rings (SSSR count). The van der Waals surface area contributed by atoms with Crippen LogP contribution in [0.4, 0.5) is 0 Å². The molecule has 1 amide bonds. The molecule has 0 heterocycles. The number of hydrogen-bond donors (Lipinski definition) is 0. The van der Waals surface area contributed by atoms with Gasteiger partial charge in [-0.1, -0.05) is 6.92 Å². The molecule has 130 valence electrons. The highest BCUT2D eigenvalue weighted by Gasteiger charge is 2.34. The maximum Gasteiger partial charge on any atom is 0.223 e. The smallest absolute Gasteiger partial charge is 0.223 e. The van der Waals surface area contributed by atoms with Gasteiger partial charge in [0.15, 0.2) is 0 Å². The first-order valence-corrected chi connectivity index (χ1v) is 8.42. The van der Waals surface area contributed by atoms with E-state index in [1.54, 1.807) is 0 Å². The van der Waals surface area contributed by atoms with Crippen LogP contribution < -0.4 is 0 Å². The van der Waals surface area contributed by atoms with Gasteiger partial charge in [-0.2, -0.15) is 0 Å². The number of carbonyl (C=O) groups excluding carboxylic acids is 2. The second-order valence-electron chi connectivity index (χ2n) is 7.83. The second-order valence-corrected chi connectivity index (χ2v) is 7.83. The van der Waals surface area contributed by atoms with E-state index in [4.69, 9.17) is 4.74 Å². The molecular weight excluding hydrogens is 278 g/mol. The van der Waals surface area contributed by atoms with Crippen molar-refractivity contribution < 1.29 is 14.3 Å². The van der Waals surface area contributed by atoms with Crippen LogP contribution in [0.5, 0.6) is 0 Å². The minimum absolute atomic E-state index is 0.120. The average Bonchev–Trinajstić information content (AvgIpc) is 2.31. The molecule has 0 saturated heterocycles. The minimum Gasteiger partial charge on any atom is -0.381 e. The van der Waals surface area contributed by atoms with E-state index in [1.807, 2.05) is 53.4 Å². The number of nitrogens with zero attached hydrogens (tertiary/aromatic N) is 1. The van der Waals surface area contributed by atoms with Gasteiger partial charge in [-0.15, -0.1) is 0 Å². The van der Waals surface area contributed by atoms with Gasteiger partial charge in [-0.3, -0.25) is 9.59 Å². The van der Waals surface area contributed by atoms with Crippen molar-refractivity contribution in [3.8, 4) is 0 Å². The minimum atomic E-state index is -0.215. The van der Waals surface area contributed by atoms with Crippen LogP contribution in [0.25, 0.3) is 0 Å². The maximum atomic E-state index is 12.5. The fraction of sp³-hybridized carbons (Fsp3) is 0.889. The lowest BCUT2D eigenvalue weighted by Crippen LogP contribution is -2.55. The Bertz CT molecular complexity index is 336. The molecule has 0 aliphatic rings. The Hall–Kier alpha value is -0.900. The molecule has 0 spiro atoms. The Morgan fingerprint density at radius 3 is 1.86 bits per heavy atom. The number of ketones is 1. The number of hydrogen-bond acceptors (Lipinski definition) is 3. The van der Waals surface area contributed by atoms with Crippen LogP contribution >= 0.6 is 0 Å². The molecule has 0 aromatic rings. The summed E-state index contributed by atoms with van der Waals surface area (Å²) in [5.74, 6) is 0.303. The summed E-state index contributed by atoms with van der Waals surface area (Å²) < 4.78 is 5.31. The Morgan fingerprint density at radius 1 is 0.864 bits per heavy atom. The Labute approximate surface area is 136 Å². The number of Topliss-reactive ketones (excluding diaryl/α,β-unsaturated/α-hetero) is 1. The van der Waals surface area contributed by atoms with E-state index in [1.165, 1.54) is 0 Å². The summed E-state index contributed by atoms with van der Waals surface area (Å²) in [6, 6.07) is 0. The number of rotatable bonds is 9. The highest BCUT2D eigenvalue weighted by Crippen LogP contribution is 2.26. The molecule has 4 nitrogen and oxygen atoms in total. The summed E-state index contributed by atoms with van der Waals surface area (Å²) in [6.07, 6.45) is 2.93. The highest BCUT2D eigenvalue weighted by molar-refractivity contribution is 5.81. The van der Waals surface area contributed by atoms with Gasteiger partial charge in [0.2, 0.25) is 5.91 Å². The summed E-state index contributed by atoms with van der Waals surface area (Å²) in [7, 11) is 0. The monoisotopic (exact) mass is 313 g/mol. The topological polar surface area (TPSA) is 46.6 Å². The Morgan fingerprint density at radius 2 is 1.41 bits per heavy atom. The normalized spacial score (nSPS) is 12.3. The molecule has 0 saturated carbocycles. The van der Waals surface area contributed by atoms with Gasteiger partial charge in [0.25, 0.3) is 0 Å². The molecule has 0 aromatic heterocycles. The third-order valence-corrected chi connectivity index (χ3v) is 3.31. The second kappa shape index (κ2) is 9.29. The molecule has 0 aliphatic carbocycles. The van der Waals surface area contributed by atoms with Gasteiger partial charge in [-0.05, 0) is 54.4 Å². The molecule has 0 fully saturated rings. The fourth-order valence-electron chi connectivity index (χ4n) is 2.86. The Balaban J connectivity index is 4.23. The summed E-state index contributed by atoms with van der Waals surface area (Å²) in [6.45, 7) is 15.5. The average molecular weight is 313 g/mol. The first-order chi connectivity index (χ1) is 10.00. The Kier molecular flexibility index (Phi) is 8.91. The molecule has 0 atom stereocenters. The zero-order valence-electron chi connectivity index (χ0n) is 15.6. The molecular formula is C18H35NO3. The predicted octanol–water partition coefficient (Wildman–Crippen LogP) is 3.97. The van der Waals surface area contributed by atoms with Crippen molar-refractivity contribution in [1.82, 2.24) is 4.90 Å². The van der Waals surface area contributed by atoms with E-state index in [0.29, 0.717) is 38.9 Å². The van der Waals surface area contributed by atoms with Gasteiger partial charge in [0.05, 0.1) is 6.61 Å². The lowest BCUT2D eigenvalue weighted by atomic mass is 9.94. The summed E-state index contributed by atoms with van der Waals surface area (Å²) >= 11 is 0. The lowest BCUT2D eigenvalue weighted by molar-refractivity contribution is -0.142. The molecule has 0 bridgehead atoms. The number of amides is 1. The largest absolute Gasteiger partial charge is 0.381 e. The number of ether oxygens (including phenoxy) is 1. The predicted molar refractivity (Wildman–Crippen MR) is 90.9 cm³/mol. The standard InChI is InChI=1S/C18H35NO3/c1-8-13-22-14-12-15(20)10-9-11-16(21)19(17(2,3)4)18(5,6)7/h8-14H2,1-7H3. The van der Waals surface area contributed by atoms with Gasteiger partial charge in [-0.25, -0.2) is 0 Å². The molecule has 22 heavy (non-hydrogen) atoms. The van der Waals surface area contributed by atoms with Crippen LogP contribution in [0.2, 0.25) is 0 Å². The van der Waals surface area contributed by atoms with Crippen LogP contribution in [-0.2, 0) is 14.3 Å². The van der Waals surface area contributed by atoms with Crippen molar-refractivity contribution in [3.05, 3.63) is 0 Å². The summed E-state index contributed by atoms with van der Waals surface area (Å²) in [5.41, 5.74) is -0.430. The van der Waals surface area contributed by atoms with Gasteiger partial charge in [0, 0.05) is 36.9 Å². The summed E-state index contributed by atoms with van der Waals surface area (Å²) in [5, 5.41) is 0. The fourth-order valence-corrected chi connectivity index (χ4v) is 2.86. The van der Waals surface area contributed by atoms with Crippen LogP contribution in [0.3, 0.4) is 0 Å². The molecule has 0 radical (unpaired) electrons. The zero-order valence-corrected chi connectivity index (χ0v) is 15.6. The first-order valence-electron chi connectivity index (χ1n) is 8.42. The van der Waals surface area contributed by atoms with E-state index in [0.717, 1.165) is 6.42 Å². The van der Waals surface area contributed by atoms with E-state index in [9.17, 15) is 9.59 Å². The molecule has 4 heteroatoms.